The second-order valence-electron chi connectivity index (χ2n) is 6.99. The van der Waals surface area contributed by atoms with Crippen molar-refractivity contribution in [2.24, 2.45) is 5.92 Å². The Bertz CT molecular complexity index is 945. The van der Waals surface area contributed by atoms with Crippen LogP contribution in [0.1, 0.15) is 33.6 Å². The van der Waals surface area contributed by atoms with Gasteiger partial charge in [-0.1, -0.05) is 11.6 Å². The summed E-state index contributed by atoms with van der Waals surface area (Å²) in [5.41, 5.74) is 1.08. The number of likely N-dealkylation sites (tertiary alicyclic amines) is 1. The maximum absolute atomic E-state index is 12.9. The summed E-state index contributed by atoms with van der Waals surface area (Å²) >= 11 is 5.89. The number of hydrogen-bond donors (Lipinski definition) is 1. The molecule has 1 atom stereocenters. The lowest BCUT2D eigenvalue weighted by molar-refractivity contribution is -0.121. The molecule has 7 nitrogen and oxygen atoms in total. The highest BCUT2D eigenvalue weighted by Gasteiger charge is 2.29. The topological polar surface area (TPSA) is 84.9 Å². The van der Waals surface area contributed by atoms with Gasteiger partial charge in [-0.15, -0.1) is 0 Å². The zero-order chi connectivity index (χ0) is 21.7. The maximum Gasteiger partial charge on any atom is 0.340 e. The van der Waals surface area contributed by atoms with Gasteiger partial charge >= 0.3 is 5.97 Å². The third-order valence-corrected chi connectivity index (χ3v) is 5.31. The molecule has 1 unspecified atom stereocenters. The van der Waals surface area contributed by atoms with Crippen LogP contribution in [0.5, 0.6) is 5.75 Å². The lowest BCUT2D eigenvalue weighted by atomic mass is 9.96. The van der Waals surface area contributed by atoms with Gasteiger partial charge in [0, 0.05) is 23.7 Å². The van der Waals surface area contributed by atoms with E-state index in [0.29, 0.717) is 48.0 Å². The van der Waals surface area contributed by atoms with Gasteiger partial charge in [0.15, 0.2) is 0 Å². The van der Waals surface area contributed by atoms with Gasteiger partial charge in [-0.05, 0) is 55.3 Å². The van der Waals surface area contributed by atoms with Crippen LogP contribution in [-0.4, -0.2) is 50.0 Å². The predicted molar refractivity (Wildman–Crippen MR) is 113 cm³/mol. The fourth-order valence-corrected chi connectivity index (χ4v) is 3.55. The van der Waals surface area contributed by atoms with Gasteiger partial charge in [-0.25, -0.2) is 4.79 Å². The van der Waals surface area contributed by atoms with Crippen LogP contribution in [0.25, 0.3) is 0 Å². The Hall–Kier alpha value is -3.06. The molecular formula is C22H23ClN2O5. The van der Waals surface area contributed by atoms with E-state index < -0.39 is 5.97 Å². The van der Waals surface area contributed by atoms with E-state index in [1.807, 2.05) is 0 Å². The third-order valence-electron chi connectivity index (χ3n) is 5.06. The van der Waals surface area contributed by atoms with E-state index in [1.165, 1.54) is 20.3 Å². The normalized spacial score (nSPS) is 16.0. The summed E-state index contributed by atoms with van der Waals surface area (Å²) < 4.78 is 9.94. The molecule has 1 fully saturated rings. The van der Waals surface area contributed by atoms with E-state index in [2.05, 4.69) is 5.32 Å². The molecule has 1 aliphatic heterocycles. The van der Waals surface area contributed by atoms with Gasteiger partial charge in [0.05, 0.1) is 31.4 Å². The maximum atomic E-state index is 12.9. The van der Waals surface area contributed by atoms with Crippen LogP contribution >= 0.6 is 11.6 Å². The minimum atomic E-state index is -0.576. The number of piperidine rings is 1. The minimum absolute atomic E-state index is 0.135. The molecule has 8 heteroatoms. The average molecular weight is 431 g/mol. The number of nitrogens with one attached hydrogen (secondary N) is 1. The van der Waals surface area contributed by atoms with Gasteiger partial charge in [-0.3, -0.25) is 9.59 Å². The molecule has 0 bridgehead atoms. The van der Waals surface area contributed by atoms with Gasteiger partial charge in [0.2, 0.25) is 5.91 Å². The fraction of sp³-hybridized carbons (Fsp3) is 0.318. The first kappa shape index (κ1) is 21.6. The molecule has 0 radical (unpaired) electrons. The minimum Gasteiger partial charge on any atom is -0.497 e. The molecule has 2 aromatic carbocycles. The second kappa shape index (κ2) is 9.63. The largest absolute Gasteiger partial charge is 0.497 e. The number of ether oxygens (including phenoxy) is 2. The number of benzene rings is 2. The molecule has 1 heterocycles. The Morgan fingerprint density at radius 1 is 1.10 bits per heavy atom. The summed E-state index contributed by atoms with van der Waals surface area (Å²) in [7, 11) is 2.76. The van der Waals surface area contributed by atoms with Gasteiger partial charge in [0.1, 0.15) is 5.75 Å². The highest BCUT2D eigenvalue weighted by Crippen LogP contribution is 2.25. The highest BCUT2D eigenvalue weighted by molar-refractivity contribution is 6.30. The lowest BCUT2D eigenvalue weighted by Crippen LogP contribution is -2.43. The number of methoxy groups -OCH3 is 2. The summed E-state index contributed by atoms with van der Waals surface area (Å²) in [4.78, 5) is 39.4. The molecular weight excluding hydrogens is 408 g/mol. The van der Waals surface area contributed by atoms with Crippen LogP contribution in [0, 0.1) is 5.92 Å². The van der Waals surface area contributed by atoms with Crippen molar-refractivity contribution >= 4 is 35.1 Å². The zero-order valence-corrected chi connectivity index (χ0v) is 17.6. The lowest BCUT2D eigenvalue weighted by Gasteiger charge is -2.32. The molecule has 3 rings (SSSR count). The smallest absolute Gasteiger partial charge is 0.340 e. The second-order valence-corrected chi connectivity index (χ2v) is 7.43. The van der Waals surface area contributed by atoms with Crippen LogP contribution in [0.15, 0.2) is 42.5 Å². The van der Waals surface area contributed by atoms with Crippen molar-refractivity contribution in [2.45, 2.75) is 12.8 Å². The number of esters is 1. The number of amides is 2. The first-order chi connectivity index (χ1) is 14.4. The fourth-order valence-electron chi connectivity index (χ4n) is 3.42. The molecule has 1 aliphatic rings. The van der Waals surface area contributed by atoms with Crippen molar-refractivity contribution < 1.29 is 23.9 Å². The Kier molecular flexibility index (Phi) is 6.95. The molecule has 0 spiro atoms. The Balaban J connectivity index is 1.72. The zero-order valence-electron chi connectivity index (χ0n) is 16.8. The van der Waals surface area contributed by atoms with E-state index in [4.69, 9.17) is 21.1 Å². The van der Waals surface area contributed by atoms with E-state index in [-0.39, 0.29) is 23.3 Å². The highest BCUT2D eigenvalue weighted by atomic mass is 35.5. The molecule has 2 amide bonds. The van der Waals surface area contributed by atoms with Gasteiger partial charge < -0.3 is 19.7 Å². The SMILES string of the molecule is COC(=O)c1cc(OC)ccc1NC(=O)C1CCCN(C(=O)c2ccc(Cl)cc2)C1. The van der Waals surface area contributed by atoms with Crippen molar-refractivity contribution in [1.29, 1.82) is 0 Å². The molecule has 1 saturated heterocycles. The number of nitrogens with zero attached hydrogens (tertiary/aromatic N) is 1. The van der Waals surface area contributed by atoms with Crippen molar-refractivity contribution in [3.63, 3.8) is 0 Å². The van der Waals surface area contributed by atoms with Crippen LogP contribution in [-0.2, 0) is 9.53 Å². The van der Waals surface area contributed by atoms with E-state index in [1.54, 1.807) is 41.3 Å². The van der Waals surface area contributed by atoms with Crippen LogP contribution in [0.4, 0.5) is 5.69 Å². The monoisotopic (exact) mass is 430 g/mol. The average Bonchev–Trinajstić information content (AvgIpc) is 2.78. The van der Waals surface area contributed by atoms with E-state index in [9.17, 15) is 14.4 Å². The van der Waals surface area contributed by atoms with Gasteiger partial charge in [-0.2, -0.15) is 0 Å². The Labute approximate surface area is 179 Å². The van der Waals surface area contributed by atoms with Crippen molar-refractivity contribution in [2.75, 3.05) is 32.6 Å². The van der Waals surface area contributed by atoms with Crippen molar-refractivity contribution in [1.82, 2.24) is 4.90 Å². The molecule has 1 N–H and O–H groups in total. The van der Waals surface area contributed by atoms with E-state index >= 15 is 0 Å². The molecule has 158 valence electrons. The van der Waals surface area contributed by atoms with Crippen molar-refractivity contribution in [3.05, 3.63) is 58.6 Å². The molecule has 2 aromatic rings. The van der Waals surface area contributed by atoms with Crippen LogP contribution < -0.4 is 10.1 Å². The number of carbonyl (C=O) groups excluding carboxylic acids is 3. The Morgan fingerprint density at radius 3 is 2.50 bits per heavy atom. The number of rotatable bonds is 5. The molecule has 0 aromatic heterocycles. The number of anilines is 1. The predicted octanol–water partition coefficient (Wildman–Crippen LogP) is 3.63. The number of carbonyl (C=O) groups is 3. The van der Waals surface area contributed by atoms with Crippen LogP contribution in [0.3, 0.4) is 0 Å². The van der Waals surface area contributed by atoms with Crippen LogP contribution in [0.2, 0.25) is 5.02 Å². The Morgan fingerprint density at radius 2 is 1.83 bits per heavy atom. The third kappa shape index (κ3) is 4.91. The summed E-state index contributed by atoms with van der Waals surface area (Å²) in [5, 5.41) is 3.36. The summed E-state index contributed by atoms with van der Waals surface area (Å²) in [6.07, 6.45) is 1.36. The number of hydrogen-bond acceptors (Lipinski definition) is 5. The summed E-state index contributed by atoms with van der Waals surface area (Å²) in [6, 6.07) is 11.4. The summed E-state index contributed by atoms with van der Waals surface area (Å²) in [5.74, 6) is -0.872. The first-order valence-electron chi connectivity index (χ1n) is 9.55. The number of halogens is 1. The van der Waals surface area contributed by atoms with Crippen molar-refractivity contribution in [3.8, 4) is 5.75 Å². The summed E-state index contributed by atoms with van der Waals surface area (Å²) in [6.45, 7) is 0.887. The molecule has 0 saturated carbocycles. The van der Waals surface area contributed by atoms with E-state index in [0.717, 1.165) is 0 Å². The first-order valence-corrected chi connectivity index (χ1v) is 9.92. The standard InChI is InChI=1S/C22H23ClN2O5/c1-29-17-9-10-19(18(12-17)22(28)30-2)24-20(26)15-4-3-11-25(13-15)21(27)14-5-7-16(23)8-6-14/h5-10,12,15H,3-4,11,13H2,1-2H3,(H,24,26). The van der Waals surface area contributed by atoms with Gasteiger partial charge in [0.25, 0.3) is 5.91 Å². The quantitative estimate of drug-likeness (QED) is 0.732. The molecule has 30 heavy (non-hydrogen) atoms. The molecule has 0 aliphatic carbocycles.